The molecule has 0 heterocycles. The monoisotopic (exact) mass is 429 g/mol. The number of nitro benzene ring substituents is 1. The second kappa shape index (κ2) is 8.66. The van der Waals surface area contributed by atoms with Gasteiger partial charge >= 0.3 is 6.18 Å². The summed E-state index contributed by atoms with van der Waals surface area (Å²) in [6, 6.07) is 15.2. The van der Waals surface area contributed by atoms with E-state index in [2.05, 4.69) is 10.6 Å². The van der Waals surface area contributed by atoms with E-state index >= 15 is 0 Å². The molecule has 0 spiro atoms. The summed E-state index contributed by atoms with van der Waals surface area (Å²) < 4.78 is 38.6. The van der Waals surface area contributed by atoms with E-state index in [9.17, 15) is 32.9 Å². The van der Waals surface area contributed by atoms with Gasteiger partial charge < -0.3 is 10.6 Å². The van der Waals surface area contributed by atoms with Crippen molar-refractivity contribution in [3.63, 3.8) is 0 Å². The number of alkyl halides is 3. The number of hydrogen-bond donors (Lipinski definition) is 2. The maximum Gasteiger partial charge on any atom is 0.416 e. The minimum atomic E-state index is -4.57. The summed E-state index contributed by atoms with van der Waals surface area (Å²) in [6.07, 6.45) is -4.57. The molecule has 0 aromatic heterocycles. The summed E-state index contributed by atoms with van der Waals surface area (Å²) in [5.74, 6) is -1.58. The molecule has 0 radical (unpaired) electrons. The number of nitrogens with zero attached hydrogens (tertiary/aromatic N) is 1. The van der Waals surface area contributed by atoms with Crippen LogP contribution in [0.4, 0.5) is 30.2 Å². The average Bonchev–Trinajstić information content (AvgIpc) is 2.73. The van der Waals surface area contributed by atoms with E-state index in [0.717, 1.165) is 18.2 Å². The molecule has 2 amide bonds. The van der Waals surface area contributed by atoms with Crippen LogP contribution in [-0.2, 0) is 6.18 Å². The van der Waals surface area contributed by atoms with Gasteiger partial charge in [0, 0.05) is 11.8 Å². The van der Waals surface area contributed by atoms with Crippen LogP contribution < -0.4 is 10.6 Å². The first-order valence-corrected chi connectivity index (χ1v) is 8.79. The first-order chi connectivity index (χ1) is 14.7. The summed E-state index contributed by atoms with van der Waals surface area (Å²) in [5, 5.41) is 15.9. The van der Waals surface area contributed by atoms with Crippen LogP contribution in [0.1, 0.15) is 26.3 Å². The van der Waals surface area contributed by atoms with Gasteiger partial charge in [-0.25, -0.2) is 0 Å². The number of halogens is 3. The number of para-hydroxylation sites is 2. The zero-order valence-electron chi connectivity index (χ0n) is 15.6. The lowest BCUT2D eigenvalue weighted by Gasteiger charge is -2.13. The zero-order valence-corrected chi connectivity index (χ0v) is 15.6. The molecular weight excluding hydrogens is 415 g/mol. The molecule has 0 atom stereocenters. The highest BCUT2D eigenvalue weighted by Crippen LogP contribution is 2.31. The molecular formula is C21H14F3N3O4. The highest BCUT2D eigenvalue weighted by atomic mass is 19.4. The Balaban J connectivity index is 1.85. The zero-order chi connectivity index (χ0) is 22.6. The molecule has 158 valence electrons. The van der Waals surface area contributed by atoms with E-state index in [-0.39, 0.29) is 22.5 Å². The van der Waals surface area contributed by atoms with Gasteiger partial charge in [0.15, 0.2) is 0 Å². The number of nitro groups is 1. The predicted molar refractivity (Wildman–Crippen MR) is 107 cm³/mol. The Morgan fingerprint density at radius 3 is 2.10 bits per heavy atom. The van der Waals surface area contributed by atoms with Crippen molar-refractivity contribution in [1.29, 1.82) is 0 Å². The lowest BCUT2D eigenvalue weighted by atomic mass is 10.1. The second-order valence-electron chi connectivity index (χ2n) is 6.31. The molecule has 2 N–H and O–H groups in total. The minimum absolute atomic E-state index is 0.0353. The minimum Gasteiger partial charge on any atom is -0.322 e. The van der Waals surface area contributed by atoms with Crippen LogP contribution in [0, 0.1) is 10.1 Å². The summed E-state index contributed by atoms with van der Waals surface area (Å²) >= 11 is 0. The lowest BCUT2D eigenvalue weighted by molar-refractivity contribution is -0.385. The Bertz CT molecular complexity index is 1160. The average molecular weight is 429 g/mol. The highest BCUT2D eigenvalue weighted by Gasteiger charge is 2.30. The van der Waals surface area contributed by atoms with Gasteiger partial charge in [0.2, 0.25) is 0 Å². The van der Waals surface area contributed by atoms with Crippen LogP contribution in [0.25, 0.3) is 0 Å². The van der Waals surface area contributed by atoms with Crippen molar-refractivity contribution in [2.75, 3.05) is 10.6 Å². The van der Waals surface area contributed by atoms with Crippen LogP contribution in [0.5, 0.6) is 0 Å². The van der Waals surface area contributed by atoms with Crippen LogP contribution in [0.3, 0.4) is 0 Å². The number of carbonyl (C=O) groups excluding carboxylic acids is 2. The topological polar surface area (TPSA) is 101 Å². The Labute approximate surface area is 173 Å². The molecule has 7 nitrogen and oxygen atoms in total. The third kappa shape index (κ3) is 5.04. The van der Waals surface area contributed by atoms with Gasteiger partial charge in [-0.3, -0.25) is 19.7 Å². The lowest BCUT2D eigenvalue weighted by Crippen LogP contribution is -2.19. The molecule has 0 unspecified atom stereocenters. The van der Waals surface area contributed by atoms with Gasteiger partial charge in [-0.15, -0.1) is 0 Å². The standard InChI is InChI=1S/C21H14F3N3O4/c22-21(23,24)13-6-5-7-14(12-13)25-19(28)15-8-1-3-10-17(15)26-20(29)16-9-2-4-11-18(16)27(30)31/h1-12H,(H,25,28)(H,26,29). The number of hydrogen-bond acceptors (Lipinski definition) is 4. The van der Waals surface area contributed by atoms with Crippen LogP contribution in [-0.4, -0.2) is 16.7 Å². The summed E-state index contributed by atoms with van der Waals surface area (Å²) in [7, 11) is 0. The predicted octanol–water partition coefficient (Wildman–Crippen LogP) is 5.12. The largest absolute Gasteiger partial charge is 0.416 e. The fraction of sp³-hybridized carbons (Fsp3) is 0.0476. The molecule has 0 aliphatic rings. The van der Waals surface area contributed by atoms with Crippen molar-refractivity contribution in [3.05, 3.63) is 99.6 Å². The van der Waals surface area contributed by atoms with E-state index in [1.807, 2.05) is 0 Å². The third-order valence-corrected chi connectivity index (χ3v) is 4.21. The molecule has 0 saturated heterocycles. The maximum absolute atomic E-state index is 12.9. The Morgan fingerprint density at radius 1 is 0.806 bits per heavy atom. The SMILES string of the molecule is O=C(Nc1cccc(C(F)(F)F)c1)c1ccccc1NC(=O)c1ccccc1[N+](=O)[O-]. The number of anilines is 2. The van der Waals surface area contributed by atoms with Crippen molar-refractivity contribution in [2.24, 2.45) is 0 Å². The number of benzene rings is 3. The molecule has 3 aromatic rings. The van der Waals surface area contributed by atoms with Gasteiger partial charge in [0.25, 0.3) is 17.5 Å². The smallest absolute Gasteiger partial charge is 0.322 e. The van der Waals surface area contributed by atoms with E-state index in [4.69, 9.17) is 0 Å². The fourth-order valence-corrected chi connectivity index (χ4v) is 2.78. The molecule has 0 aliphatic heterocycles. The highest BCUT2D eigenvalue weighted by molar-refractivity contribution is 6.13. The quantitative estimate of drug-likeness (QED) is 0.434. The third-order valence-electron chi connectivity index (χ3n) is 4.21. The first kappa shape index (κ1) is 21.5. The number of nitrogens with one attached hydrogen (secondary N) is 2. The summed E-state index contributed by atoms with van der Waals surface area (Å²) in [6.45, 7) is 0. The molecule has 3 rings (SSSR count). The Kier molecular flexibility index (Phi) is 6.00. The van der Waals surface area contributed by atoms with Gasteiger partial charge in [-0.1, -0.05) is 30.3 Å². The molecule has 0 fully saturated rings. The van der Waals surface area contributed by atoms with Crippen molar-refractivity contribution < 1.29 is 27.7 Å². The van der Waals surface area contributed by atoms with E-state index in [0.29, 0.717) is 0 Å². The van der Waals surface area contributed by atoms with E-state index < -0.39 is 34.2 Å². The molecule has 10 heteroatoms. The normalized spacial score (nSPS) is 10.9. The number of carbonyl (C=O) groups is 2. The molecule has 0 bridgehead atoms. The Hall–Kier alpha value is -4.21. The number of amides is 2. The molecule has 0 aliphatic carbocycles. The molecule has 31 heavy (non-hydrogen) atoms. The van der Waals surface area contributed by atoms with E-state index in [1.54, 1.807) is 0 Å². The van der Waals surface area contributed by atoms with Gasteiger partial charge in [-0.05, 0) is 36.4 Å². The van der Waals surface area contributed by atoms with Crippen LogP contribution >= 0.6 is 0 Å². The van der Waals surface area contributed by atoms with Gasteiger partial charge in [0.1, 0.15) is 5.56 Å². The van der Waals surface area contributed by atoms with Crippen molar-refractivity contribution in [2.45, 2.75) is 6.18 Å². The number of rotatable bonds is 5. The van der Waals surface area contributed by atoms with Crippen LogP contribution in [0.15, 0.2) is 72.8 Å². The van der Waals surface area contributed by atoms with Crippen molar-refractivity contribution >= 4 is 28.9 Å². The van der Waals surface area contributed by atoms with Gasteiger partial charge in [-0.2, -0.15) is 13.2 Å². The fourth-order valence-electron chi connectivity index (χ4n) is 2.78. The summed E-state index contributed by atoms with van der Waals surface area (Å²) in [4.78, 5) is 35.6. The summed E-state index contributed by atoms with van der Waals surface area (Å²) in [5.41, 5.74) is -1.63. The van der Waals surface area contributed by atoms with Gasteiger partial charge in [0.05, 0.1) is 21.7 Å². The van der Waals surface area contributed by atoms with E-state index in [1.165, 1.54) is 54.6 Å². The molecule has 0 saturated carbocycles. The maximum atomic E-state index is 12.9. The van der Waals surface area contributed by atoms with Crippen LogP contribution in [0.2, 0.25) is 0 Å². The van der Waals surface area contributed by atoms with Crippen molar-refractivity contribution in [1.82, 2.24) is 0 Å². The first-order valence-electron chi connectivity index (χ1n) is 8.79. The Morgan fingerprint density at radius 2 is 1.42 bits per heavy atom. The molecule has 3 aromatic carbocycles. The second-order valence-corrected chi connectivity index (χ2v) is 6.31. The van der Waals surface area contributed by atoms with Crippen molar-refractivity contribution in [3.8, 4) is 0 Å².